The zero-order valence-electron chi connectivity index (χ0n) is 10.4. The van der Waals surface area contributed by atoms with Gasteiger partial charge in [-0.1, -0.05) is 35.4 Å². The van der Waals surface area contributed by atoms with Crippen molar-refractivity contribution in [3.8, 4) is 0 Å². The van der Waals surface area contributed by atoms with Crippen LogP contribution < -0.4 is 5.32 Å². The van der Waals surface area contributed by atoms with Crippen molar-refractivity contribution in [1.82, 2.24) is 0 Å². The maximum absolute atomic E-state index is 6.02. The predicted molar refractivity (Wildman–Crippen MR) is 78.4 cm³/mol. The van der Waals surface area contributed by atoms with E-state index in [0.29, 0.717) is 16.1 Å². The quantitative estimate of drug-likeness (QED) is 0.769. The molecular weight excluding hydrogens is 265 g/mol. The topological polar surface area (TPSA) is 12.0 Å². The van der Waals surface area contributed by atoms with Crippen molar-refractivity contribution in [3.63, 3.8) is 0 Å². The molecule has 3 heteroatoms. The van der Waals surface area contributed by atoms with Crippen LogP contribution >= 0.6 is 23.2 Å². The van der Waals surface area contributed by atoms with Gasteiger partial charge in [-0.05, 0) is 55.7 Å². The summed E-state index contributed by atoms with van der Waals surface area (Å²) in [5.41, 5.74) is 1.02. The summed E-state index contributed by atoms with van der Waals surface area (Å²) in [4.78, 5) is 0. The summed E-state index contributed by atoms with van der Waals surface area (Å²) in [7, 11) is 0. The van der Waals surface area contributed by atoms with Crippen molar-refractivity contribution in [2.24, 2.45) is 17.8 Å². The zero-order chi connectivity index (χ0) is 12.7. The molecule has 0 spiro atoms. The lowest BCUT2D eigenvalue weighted by Crippen LogP contribution is -2.28. The maximum Gasteiger partial charge on any atom is 0.0441 e. The normalized spacial score (nSPS) is 30.7. The SMILES string of the molecule is CC(Nc1cc(Cl)cc(Cl)c1)C1CC2C=CC1C2. The average Bonchev–Trinajstić information content (AvgIpc) is 2.88. The molecule has 18 heavy (non-hydrogen) atoms. The van der Waals surface area contributed by atoms with E-state index in [4.69, 9.17) is 23.2 Å². The fraction of sp³-hybridized carbons (Fsp3) is 0.467. The zero-order valence-corrected chi connectivity index (χ0v) is 11.9. The summed E-state index contributed by atoms with van der Waals surface area (Å²) in [5.74, 6) is 2.30. The molecule has 1 N–H and O–H groups in total. The lowest BCUT2D eigenvalue weighted by Gasteiger charge is -2.27. The Balaban J connectivity index is 1.70. The molecule has 2 aliphatic rings. The summed E-state index contributed by atoms with van der Waals surface area (Å²) in [5, 5.41) is 4.92. The van der Waals surface area contributed by atoms with Crippen molar-refractivity contribution in [2.75, 3.05) is 5.32 Å². The number of allylic oxidation sites excluding steroid dienone is 2. The molecule has 1 aromatic carbocycles. The van der Waals surface area contributed by atoms with E-state index in [1.54, 1.807) is 6.07 Å². The van der Waals surface area contributed by atoms with Crippen molar-refractivity contribution in [3.05, 3.63) is 40.4 Å². The fourth-order valence-electron chi connectivity index (χ4n) is 3.41. The van der Waals surface area contributed by atoms with E-state index >= 15 is 0 Å². The Hall–Kier alpha value is -0.660. The third-order valence-electron chi connectivity index (χ3n) is 4.23. The van der Waals surface area contributed by atoms with Crippen LogP contribution in [0.2, 0.25) is 10.0 Å². The molecule has 2 aliphatic carbocycles. The van der Waals surface area contributed by atoms with Gasteiger partial charge in [0.15, 0.2) is 0 Å². The highest BCUT2D eigenvalue weighted by Gasteiger charge is 2.38. The van der Waals surface area contributed by atoms with Gasteiger partial charge in [-0.3, -0.25) is 0 Å². The molecule has 0 aliphatic heterocycles. The largest absolute Gasteiger partial charge is 0.382 e. The third kappa shape index (κ3) is 2.39. The molecule has 2 bridgehead atoms. The Morgan fingerprint density at radius 2 is 1.83 bits per heavy atom. The van der Waals surface area contributed by atoms with Crippen LogP contribution in [0.15, 0.2) is 30.4 Å². The molecule has 0 radical (unpaired) electrons. The van der Waals surface area contributed by atoms with Crippen molar-refractivity contribution < 1.29 is 0 Å². The summed E-state index contributed by atoms with van der Waals surface area (Å²) in [6, 6.07) is 6.10. The van der Waals surface area contributed by atoms with Crippen molar-refractivity contribution in [2.45, 2.75) is 25.8 Å². The molecule has 1 saturated carbocycles. The molecule has 3 rings (SSSR count). The van der Waals surface area contributed by atoms with E-state index < -0.39 is 0 Å². The number of fused-ring (bicyclic) bond motifs is 2. The summed E-state index contributed by atoms with van der Waals surface area (Å²) >= 11 is 12.0. The molecule has 1 nitrogen and oxygen atoms in total. The highest BCUT2D eigenvalue weighted by Crippen LogP contribution is 2.45. The number of nitrogens with one attached hydrogen (secondary N) is 1. The van der Waals surface area contributed by atoms with Gasteiger partial charge >= 0.3 is 0 Å². The van der Waals surface area contributed by atoms with Gasteiger partial charge in [0.2, 0.25) is 0 Å². The van der Waals surface area contributed by atoms with Crippen LogP contribution in [0.3, 0.4) is 0 Å². The molecule has 1 fully saturated rings. The smallest absolute Gasteiger partial charge is 0.0441 e. The summed E-state index contributed by atoms with van der Waals surface area (Å²) < 4.78 is 0. The first-order valence-corrected chi connectivity index (χ1v) is 7.28. The number of hydrogen-bond acceptors (Lipinski definition) is 1. The minimum Gasteiger partial charge on any atom is -0.382 e. The molecule has 0 aromatic heterocycles. The van der Waals surface area contributed by atoms with Gasteiger partial charge in [-0.25, -0.2) is 0 Å². The lowest BCUT2D eigenvalue weighted by molar-refractivity contribution is 0.400. The molecule has 0 saturated heterocycles. The van der Waals surface area contributed by atoms with Crippen LogP contribution in [0.1, 0.15) is 19.8 Å². The van der Waals surface area contributed by atoms with E-state index in [9.17, 15) is 0 Å². The number of anilines is 1. The number of hydrogen-bond donors (Lipinski definition) is 1. The van der Waals surface area contributed by atoms with Crippen molar-refractivity contribution in [1.29, 1.82) is 0 Å². The average molecular weight is 282 g/mol. The highest BCUT2D eigenvalue weighted by molar-refractivity contribution is 6.35. The molecular formula is C15H17Cl2N. The van der Waals surface area contributed by atoms with Crippen LogP contribution in [0.5, 0.6) is 0 Å². The Morgan fingerprint density at radius 3 is 2.39 bits per heavy atom. The number of halogens is 2. The molecule has 0 amide bonds. The van der Waals surface area contributed by atoms with Crippen LogP contribution in [-0.4, -0.2) is 6.04 Å². The van der Waals surface area contributed by atoms with Crippen LogP contribution in [0, 0.1) is 17.8 Å². The number of benzene rings is 1. The number of rotatable bonds is 3. The Morgan fingerprint density at radius 1 is 1.11 bits per heavy atom. The molecule has 0 heterocycles. The standard InChI is InChI=1S/C15H17Cl2N/c1-9(15-5-10-2-3-11(15)4-10)18-14-7-12(16)6-13(17)8-14/h2-3,6-11,15,18H,4-5H2,1H3. The van der Waals surface area contributed by atoms with E-state index in [1.165, 1.54) is 12.8 Å². The predicted octanol–water partition coefficient (Wildman–Crippen LogP) is 5.01. The molecule has 4 atom stereocenters. The Labute approximate surface area is 118 Å². The highest BCUT2D eigenvalue weighted by atomic mass is 35.5. The minimum atomic E-state index is 0.458. The maximum atomic E-state index is 6.02. The monoisotopic (exact) mass is 281 g/mol. The van der Waals surface area contributed by atoms with Gasteiger partial charge in [0.05, 0.1) is 0 Å². The minimum absolute atomic E-state index is 0.458. The Kier molecular flexibility index (Phi) is 3.29. The molecule has 96 valence electrons. The van der Waals surface area contributed by atoms with Gasteiger partial charge in [0, 0.05) is 21.8 Å². The van der Waals surface area contributed by atoms with Gasteiger partial charge in [-0.2, -0.15) is 0 Å². The Bertz CT molecular complexity index is 463. The van der Waals surface area contributed by atoms with E-state index in [1.807, 2.05) is 12.1 Å². The van der Waals surface area contributed by atoms with E-state index in [2.05, 4.69) is 24.4 Å². The van der Waals surface area contributed by atoms with E-state index in [-0.39, 0.29) is 0 Å². The van der Waals surface area contributed by atoms with Gasteiger partial charge in [0.1, 0.15) is 0 Å². The second-order valence-electron chi connectivity index (χ2n) is 5.54. The first-order chi connectivity index (χ1) is 8.61. The van der Waals surface area contributed by atoms with Crippen LogP contribution in [-0.2, 0) is 0 Å². The van der Waals surface area contributed by atoms with E-state index in [0.717, 1.165) is 23.4 Å². The van der Waals surface area contributed by atoms with Gasteiger partial charge in [-0.15, -0.1) is 0 Å². The summed E-state index contributed by atoms with van der Waals surface area (Å²) in [6.07, 6.45) is 7.42. The first-order valence-electron chi connectivity index (χ1n) is 6.53. The second-order valence-corrected chi connectivity index (χ2v) is 6.41. The third-order valence-corrected chi connectivity index (χ3v) is 4.67. The lowest BCUT2D eigenvalue weighted by atomic mass is 9.87. The molecule has 1 aromatic rings. The second kappa shape index (κ2) is 4.79. The van der Waals surface area contributed by atoms with Gasteiger partial charge in [0.25, 0.3) is 0 Å². The fourth-order valence-corrected chi connectivity index (χ4v) is 3.93. The van der Waals surface area contributed by atoms with Crippen LogP contribution in [0.25, 0.3) is 0 Å². The summed E-state index contributed by atoms with van der Waals surface area (Å²) in [6.45, 7) is 2.26. The van der Waals surface area contributed by atoms with Crippen LogP contribution in [0.4, 0.5) is 5.69 Å². The molecule has 4 unspecified atom stereocenters. The van der Waals surface area contributed by atoms with Crippen molar-refractivity contribution >= 4 is 28.9 Å². The first kappa shape index (κ1) is 12.4. The van der Waals surface area contributed by atoms with Gasteiger partial charge < -0.3 is 5.32 Å².